The van der Waals surface area contributed by atoms with Gasteiger partial charge >= 0.3 is 0 Å². The van der Waals surface area contributed by atoms with Crippen LogP contribution in [-0.4, -0.2) is 48.4 Å². The Labute approximate surface area is 245 Å². The lowest BCUT2D eigenvalue weighted by molar-refractivity contribution is 0.0935. The maximum absolute atomic E-state index is 13.0. The summed E-state index contributed by atoms with van der Waals surface area (Å²) in [6.07, 6.45) is 7.12. The number of anilines is 2. The third-order valence-electron chi connectivity index (χ3n) is 6.97. The van der Waals surface area contributed by atoms with Crippen molar-refractivity contribution in [3.8, 4) is 0 Å². The largest absolute Gasteiger partial charge is 0.350 e. The van der Waals surface area contributed by atoms with Crippen molar-refractivity contribution in [1.82, 2.24) is 20.6 Å². The predicted molar refractivity (Wildman–Crippen MR) is 168 cm³/mol. The molecule has 2 atom stereocenters. The maximum atomic E-state index is 13.0. The lowest BCUT2D eigenvalue weighted by Gasteiger charge is -2.23. The second-order valence-corrected chi connectivity index (χ2v) is 13.3. The summed E-state index contributed by atoms with van der Waals surface area (Å²) >= 11 is 0. The van der Waals surface area contributed by atoms with E-state index in [1.54, 1.807) is 18.2 Å². The van der Waals surface area contributed by atoms with E-state index in [2.05, 4.69) is 66.8 Å². The quantitative estimate of drug-likeness (QED) is 0.219. The van der Waals surface area contributed by atoms with Crippen LogP contribution in [0.15, 0.2) is 48.7 Å². The average molecular weight is 580 g/mol. The van der Waals surface area contributed by atoms with Crippen molar-refractivity contribution in [3.05, 3.63) is 82.2 Å². The van der Waals surface area contributed by atoms with Crippen LogP contribution in [0.3, 0.4) is 0 Å². The number of nitrogens with one attached hydrogen (secondary N) is 3. The summed E-state index contributed by atoms with van der Waals surface area (Å²) < 4.78 is 23.0. The molecule has 2 aromatic carbocycles. The molecular formula is C32H45N5O3S. The molecule has 41 heavy (non-hydrogen) atoms. The van der Waals surface area contributed by atoms with E-state index in [0.29, 0.717) is 24.5 Å². The molecule has 9 heteroatoms. The van der Waals surface area contributed by atoms with Gasteiger partial charge in [-0.1, -0.05) is 38.5 Å². The van der Waals surface area contributed by atoms with Crippen LogP contribution >= 0.6 is 0 Å². The molecule has 0 radical (unpaired) electrons. The molecule has 0 fully saturated rings. The van der Waals surface area contributed by atoms with Gasteiger partial charge in [-0.25, -0.2) is 18.4 Å². The zero-order valence-electron chi connectivity index (χ0n) is 25.3. The fourth-order valence-electron chi connectivity index (χ4n) is 4.98. The third kappa shape index (κ3) is 10.9. The minimum atomic E-state index is -3.06. The third-order valence-corrected chi connectivity index (χ3v) is 7.92. The van der Waals surface area contributed by atoms with Gasteiger partial charge in [-0.05, 0) is 93.0 Å². The Hall–Kier alpha value is -3.30. The number of hydrogen-bond acceptors (Lipinski definition) is 7. The number of aromatic nitrogens is 2. The van der Waals surface area contributed by atoms with E-state index in [-0.39, 0.29) is 23.7 Å². The number of benzene rings is 2. The molecule has 0 bridgehead atoms. The van der Waals surface area contributed by atoms with Crippen molar-refractivity contribution < 1.29 is 13.2 Å². The Bertz CT molecular complexity index is 1400. The second kappa shape index (κ2) is 15.1. The van der Waals surface area contributed by atoms with E-state index < -0.39 is 9.84 Å². The van der Waals surface area contributed by atoms with Crippen LogP contribution in [-0.2, 0) is 29.2 Å². The van der Waals surface area contributed by atoms with Crippen molar-refractivity contribution >= 4 is 27.4 Å². The molecule has 0 aliphatic carbocycles. The first-order valence-electron chi connectivity index (χ1n) is 14.5. The van der Waals surface area contributed by atoms with E-state index >= 15 is 0 Å². The molecule has 1 amide bonds. The van der Waals surface area contributed by atoms with Crippen molar-refractivity contribution in [1.29, 1.82) is 0 Å². The van der Waals surface area contributed by atoms with Crippen molar-refractivity contribution in [2.75, 3.05) is 17.3 Å². The van der Waals surface area contributed by atoms with E-state index in [1.165, 1.54) is 17.4 Å². The molecule has 3 aromatic rings. The van der Waals surface area contributed by atoms with Gasteiger partial charge in [0.1, 0.15) is 9.84 Å². The minimum absolute atomic E-state index is 0.0518. The first-order valence-corrected chi connectivity index (χ1v) is 16.5. The fraction of sp³-hybridized carbons (Fsp3) is 0.469. The monoisotopic (exact) mass is 579 g/mol. The van der Waals surface area contributed by atoms with Gasteiger partial charge in [0.25, 0.3) is 5.91 Å². The molecule has 3 rings (SSSR count). The Morgan fingerprint density at radius 1 is 1.05 bits per heavy atom. The SMILES string of the molecule is CCC[C@H](C[C@@H](C)NC(=O)c1cccc(CCS(C)(=O)=O)c1)NCc1nc(Nc2cc(C)cc(C)c2)ncc1CC. The molecule has 0 aliphatic heterocycles. The zero-order chi connectivity index (χ0) is 30.0. The molecule has 1 aromatic heterocycles. The highest BCUT2D eigenvalue weighted by Gasteiger charge is 2.17. The van der Waals surface area contributed by atoms with E-state index in [0.717, 1.165) is 48.2 Å². The smallest absolute Gasteiger partial charge is 0.251 e. The van der Waals surface area contributed by atoms with E-state index in [9.17, 15) is 13.2 Å². The van der Waals surface area contributed by atoms with E-state index in [4.69, 9.17) is 4.98 Å². The summed E-state index contributed by atoms with van der Waals surface area (Å²) in [5.74, 6) is 0.490. The van der Waals surface area contributed by atoms with Crippen LogP contribution in [0.1, 0.15) is 78.3 Å². The Morgan fingerprint density at radius 3 is 2.44 bits per heavy atom. The molecule has 3 N–H and O–H groups in total. The van der Waals surface area contributed by atoms with Gasteiger partial charge in [0.15, 0.2) is 0 Å². The average Bonchev–Trinajstić information content (AvgIpc) is 2.90. The summed E-state index contributed by atoms with van der Waals surface area (Å²) in [7, 11) is -3.06. The number of nitrogens with zero attached hydrogens (tertiary/aromatic N) is 2. The molecule has 222 valence electrons. The highest BCUT2D eigenvalue weighted by molar-refractivity contribution is 7.90. The Balaban J connectivity index is 1.62. The summed E-state index contributed by atoms with van der Waals surface area (Å²) in [4.78, 5) is 22.4. The number of carbonyl (C=O) groups excluding carboxylic acids is 1. The van der Waals surface area contributed by atoms with E-state index in [1.807, 2.05) is 19.2 Å². The zero-order valence-corrected chi connectivity index (χ0v) is 26.1. The highest BCUT2D eigenvalue weighted by Crippen LogP contribution is 2.19. The Kier molecular flexibility index (Phi) is 11.8. The van der Waals surface area contributed by atoms with Gasteiger partial charge in [-0.3, -0.25) is 4.79 Å². The van der Waals surface area contributed by atoms with Crippen LogP contribution in [0.4, 0.5) is 11.6 Å². The molecule has 0 saturated carbocycles. The number of carbonyl (C=O) groups is 1. The second-order valence-electron chi connectivity index (χ2n) is 11.1. The van der Waals surface area contributed by atoms with Gasteiger partial charge < -0.3 is 16.0 Å². The van der Waals surface area contributed by atoms with Gasteiger partial charge in [0.2, 0.25) is 5.95 Å². The molecular weight excluding hydrogens is 534 g/mol. The number of amides is 1. The van der Waals surface area contributed by atoms with Crippen LogP contribution in [0.25, 0.3) is 0 Å². The fourth-order valence-corrected chi connectivity index (χ4v) is 5.59. The molecule has 0 spiro atoms. The van der Waals surface area contributed by atoms with Gasteiger partial charge in [-0.2, -0.15) is 0 Å². The molecule has 0 unspecified atom stereocenters. The van der Waals surface area contributed by atoms with Crippen LogP contribution in [0.5, 0.6) is 0 Å². The van der Waals surface area contributed by atoms with Gasteiger partial charge in [-0.15, -0.1) is 0 Å². The van der Waals surface area contributed by atoms with Gasteiger partial charge in [0.05, 0.1) is 11.4 Å². The summed E-state index contributed by atoms with van der Waals surface area (Å²) in [6.45, 7) is 11.0. The number of sulfone groups is 1. The van der Waals surface area contributed by atoms with Crippen LogP contribution in [0.2, 0.25) is 0 Å². The standard InChI is InChI=1S/C32H45N5O3S/c1-7-10-28(18-24(5)35-31(38)27-12-9-11-25(19-27)13-14-41(6,39)40)33-21-30-26(8-2)20-34-32(37-30)36-29-16-22(3)15-23(4)17-29/h9,11-12,15-17,19-20,24,28,33H,7-8,10,13-14,18,21H2,1-6H3,(H,35,38)(H,34,36,37)/t24-,28-/m1/s1. The van der Waals surface area contributed by atoms with Crippen LogP contribution < -0.4 is 16.0 Å². The highest BCUT2D eigenvalue weighted by atomic mass is 32.2. The normalized spacial score (nSPS) is 13.0. The predicted octanol–water partition coefficient (Wildman–Crippen LogP) is 5.45. The first kappa shape index (κ1) is 32.2. The summed E-state index contributed by atoms with van der Waals surface area (Å²) in [6, 6.07) is 13.6. The number of hydrogen-bond donors (Lipinski definition) is 3. The van der Waals surface area contributed by atoms with Crippen molar-refractivity contribution in [2.24, 2.45) is 0 Å². The summed E-state index contributed by atoms with van der Waals surface area (Å²) in [5.41, 5.74) is 6.80. The first-order chi connectivity index (χ1) is 19.5. The lowest BCUT2D eigenvalue weighted by Crippen LogP contribution is -2.39. The molecule has 0 aliphatic rings. The van der Waals surface area contributed by atoms with Gasteiger partial charge in [0, 0.05) is 42.3 Å². The van der Waals surface area contributed by atoms with Crippen molar-refractivity contribution in [3.63, 3.8) is 0 Å². The Morgan fingerprint density at radius 2 is 1.78 bits per heavy atom. The number of aryl methyl sites for hydroxylation is 4. The van der Waals surface area contributed by atoms with Crippen LogP contribution in [0, 0.1) is 13.8 Å². The molecule has 8 nitrogen and oxygen atoms in total. The summed E-state index contributed by atoms with van der Waals surface area (Å²) in [5, 5.41) is 10.1. The molecule has 0 saturated heterocycles. The maximum Gasteiger partial charge on any atom is 0.251 e. The topological polar surface area (TPSA) is 113 Å². The number of rotatable bonds is 15. The molecule has 1 heterocycles. The minimum Gasteiger partial charge on any atom is -0.350 e. The van der Waals surface area contributed by atoms with Crippen molar-refractivity contribution in [2.45, 2.75) is 85.4 Å². The lowest BCUT2D eigenvalue weighted by atomic mass is 10.0.